The fourth-order valence-corrected chi connectivity index (χ4v) is 6.45. The van der Waals surface area contributed by atoms with Crippen LogP contribution in [0, 0.1) is 11.6 Å². The third-order valence-electron chi connectivity index (χ3n) is 8.91. The Balaban J connectivity index is 1.04. The van der Waals surface area contributed by atoms with Gasteiger partial charge in [-0.2, -0.15) is 5.10 Å². The van der Waals surface area contributed by atoms with Crippen molar-refractivity contribution in [1.29, 1.82) is 0 Å². The maximum Gasteiger partial charge on any atom is 0.219 e. The number of nitrogens with one attached hydrogen (secondary N) is 1. The van der Waals surface area contributed by atoms with Gasteiger partial charge in [-0.3, -0.25) is 4.79 Å². The molecule has 1 aliphatic carbocycles. The van der Waals surface area contributed by atoms with Gasteiger partial charge in [-0.1, -0.05) is 18.9 Å². The van der Waals surface area contributed by atoms with Crippen LogP contribution in [0.4, 0.5) is 14.6 Å². The molecule has 1 aliphatic heterocycles. The smallest absolute Gasteiger partial charge is 0.219 e. The Morgan fingerprint density at radius 3 is 2.47 bits per heavy atom. The summed E-state index contributed by atoms with van der Waals surface area (Å²) >= 11 is 0. The van der Waals surface area contributed by atoms with Crippen molar-refractivity contribution >= 4 is 35.8 Å². The normalized spacial score (nSPS) is 16.4. The van der Waals surface area contributed by atoms with E-state index in [-0.39, 0.29) is 29.1 Å². The predicted octanol–water partition coefficient (Wildman–Crippen LogP) is 4.68. The number of aromatic amines is 1. The number of piperidine rings is 1. The number of ether oxygens (including phenoxy) is 2. The van der Waals surface area contributed by atoms with Crippen molar-refractivity contribution in [2.45, 2.75) is 50.7 Å². The molecule has 0 amide bonds. The number of carbonyl (C=O) groups excluding carboxylic acids is 1. The van der Waals surface area contributed by atoms with Crippen LogP contribution in [0.5, 0.6) is 17.4 Å². The highest BCUT2D eigenvalue weighted by Crippen LogP contribution is 2.30. The second-order valence-corrected chi connectivity index (χ2v) is 11.9. The Bertz CT molecular complexity index is 1840. The topological polar surface area (TPSA) is 111 Å². The van der Waals surface area contributed by atoms with Crippen LogP contribution in [0.1, 0.15) is 54.6 Å². The number of hydrogen-bond donors (Lipinski definition) is 2. The van der Waals surface area contributed by atoms with Crippen molar-refractivity contribution in [2.24, 2.45) is 0 Å². The number of nitrogens with zero attached hydrogens (tertiary/aromatic N) is 4. The molecule has 12 heteroatoms. The van der Waals surface area contributed by atoms with E-state index >= 15 is 0 Å². The lowest BCUT2D eigenvalue weighted by Gasteiger charge is -2.36. The first kappa shape index (κ1) is 29.0. The summed E-state index contributed by atoms with van der Waals surface area (Å²) in [4.78, 5) is 23.5. The molecule has 3 aromatic heterocycles. The molecular weight excluding hydrogens is 577 g/mol. The van der Waals surface area contributed by atoms with Gasteiger partial charge in [-0.25, -0.2) is 18.4 Å². The average Bonchev–Trinajstić information content (AvgIpc) is 3.80. The summed E-state index contributed by atoms with van der Waals surface area (Å²) < 4.78 is 41.0. The van der Waals surface area contributed by atoms with Gasteiger partial charge in [0.2, 0.25) is 17.4 Å². The van der Waals surface area contributed by atoms with Gasteiger partial charge in [0.05, 0.1) is 29.3 Å². The van der Waals surface area contributed by atoms with Crippen molar-refractivity contribution in [3.8, 4) is 23.1 Å². The van der Waals surface area contributed by atoms with Gasteiger partial charge in [0.15, 0.2) is 11.6 Å². The first-order valence-corrected chi connectivity index (χ1v) is 15.3. The maximum atomic E-state index is 13.9. The van der Waals surface area contributed by atoms with Crippen LogP contribution in [0.2, 0.25) is 0 Å². The standard InChI is InChI=1S/C33H33BF2N6O3/c34-24-16-27-19(15-29(24)44-22-10-12-41(13-11-22)20-4-1-2-5-20)14-28(40-27)31(43)23-18-39-42(33(23)37)21-8-9-30(38-17-21)45-32-25(35)6-3-7-26(32)36/h3,6-9,14-18,20,22,40H,1-2,4-5,10-13,34,37H2. The Labute approximate surface area is 259 Å². The lowest BCUT2D eigenvalue weighted by molar-refractivity contribution is 0.0775. The summed E-state index contributed by atoms with van der Waals surface area (Å²) in [7, 11) is 2.02. The van der Waals surface area contributed by atoms with Gasteiger partial charge >= 0.3 is 0 Å². The summed E-state index contributed by atoms with van der Waals surface area (Å²) in [6.07, 6.45) is 10.3. The molecule has 1 saturated heterocycles. The molecular formula is C33H33BF2N6O3. The number of hydrogen-bond acceptors (Lipinski definition) is 7. The van der Waals surface area contributed by atoms with E-state index in [2.05, 4.69) is 20.0 Å². The number of aromatic nitrogens is 4. The minimum absolute atomic E-state index is 0.0176. The van der Waals surface area contributed by atoms with E-state index in [0.717, 1.165) is 66.2 Å². The van der Waals surface area contributed by atoms with Crippen molar-refractivity contribution in [3.63, 3.8) is 0 Å². The molecule has 4 heterocycles. The Hall–Kier alpha value is -4.71. The first-order valence-electron chi connectivity index (χ1n) is 15.3. The molecule has 0 unspecified atom stereocenters. The van der Waals surface area contributed by atoms with E-state index in [1.807, 2.05) is 20.0 Å². The summed E-state index contributed by atoms with van der Waals surface area (Å²) in [5, 5.41) is 5.16. The number of nitrogen functional groups attached to an aromatic ring is 1. The van der Waals surface area contributed by atoms with E-state index in [4.69, 9.17) is 15.2 Å². The second-order valence-electron chi connectivity index (χ2n) is 11.9. The van der Waals surface area contributed by atoms with Gasteiger partial charge in [-0.15, -0.1) is 0 Å². The quantitative estimate of drug-likeness (QED) is 0.194. The fraction of sp³-hybridized carbons (Fsp3) is 0.303. The number of fused-ring (bicyclic) bond motifs is 1. The number of carbonyl (C=O) groups is 1. The van der Waals surface area contributed by atoms with Crippen molar-refractivity contribution in [2.75, 3.05) is 18.8 Å². The summed E-state index contributed by atoms with van der Waals surface area (Å²) in [5.41, 5.74) is 9.23. The van der Waals surface area contributed by atoms with Gasteiger partial charge in [0, 0.05) is 36.1 Å². The highest BCUT2D eigenvalue weighted by Gasteiger charge is 2.28. The number of ketones is 1. The minimum atomic E-state index is -0.841. The molecule has 2 aliphatic rings. The third-order valence-corrected chi connectivity index (χ3v) is 8.91. The van der Waals surface area contributed by atoms with Crippen LogP contribution in [0.25, 0.3) is 16.6 Å². The number of halogens is 2. The number of rotatable bonds is 8. The van der Waals surface area contributed by atoms with Crippen LogP contribution in [0.15, 0.2) is 60.9 Å². The van der Waals surface area contributed by atoms with Crippen LogP contribution < -0.4 is 20.7 Å². The number of nitrogens with two attached hydrogens (primary N) is 1. The number of H-pyrrole nitrogens is 1. The summed E-state index contributed by atoms with van der Waals surface area (Å²) in [6, 6.07) is 13.0. The van der Waals surface area contributed by atoms with Crippen LogP contribution >= 0.6 is 0 Å². The van der Waals surface area contributed by atoms with E-state index < -0.39 is 17.4 Å². The molecule has 2 aromatic carbocycles. The first-order chi connectivity index (χ1) is 21.8. The molecule has 5 aromatic rings. The average molecular weight is 610 g/mol. The van der Waals surface area contributed by atoms with E-state index in [1.54, 1.807) is 12.1 Å². The molecule has 9 nitrogen and oxygen atoms in total. The van der Waals surface area contributed by atoms with Gasteiger partial charge in [-0.05, 0) is 67.5 Å². The van der Waals surface area contributed by atoms with E-state index in [9.17, 15) is 13.6 Å². The molecule has 0 bridgehead atoms. The van der Waals surface area contributed by atoms with E-state index in [0.29, 0.717) is 11.4 Å². The van der Waals surface area contributed by atoms with Gasteiger partial charge in [0.25, 0.3) is 0 Å². The SMILES string of the molecule is Bc1cc2[nH]c(C(=O)c3cnn(-c4ccc(Oc5c(F)cccc5F)nc4)c3N)cc2cc1OC1CCN(C2CCCC2)CC1. The summed E-state index contributed by atoms with van der Waals surface area (Å²) in [6.45, 7) is 2.16. The molecule has 3 N–H and O–H groups in total. The minimum Gasteiger partial charge on any atom is -0.491 e. The molecule has 0 radical (unpaired) electrons. The molecule has 230 valence electrons. The fourth-order valence-electron chi connectivity index (χ4n) is 6.45. The Morgan fingerprint density at radius 2 is 1.76 bits per heavy atom. The van der Waals surface area contributed by atoms with Crippen LogP contribution in [0.3, 0.4) is 0 Å². The predicted molar refractivity (Wildman–Crippen MR) is 170 cm³/mol. The van der Waals surface area contributed by atoms with Crippen LogP contribution in [-0.4, -0.2) is 63.5 Å². The number of pyridine rings is 1. The molecule has 0 spiro atoms. The van der Waals surface area contributed by atoms with Crippen molar-refractivity contribution in [3.05, 3.63) is 83.8 Å². The molecule has 1 saturated carbocycles. The zero-order valence-corrected chi connectivity index (χ0v) is 24.9. The number of anilines is 1. The van der Waals surface area contributed by atoms with Crippen molar-refractivity contribution < 1.29 is 23.0 Å². The Morgan fingerprint density at radius 1 is 1.00 bits per heavy atom. The largest absolute Gasteiger partial charge is 0.491 e. The second kappa shape index (κ2) is 12.0. The lowest BCUT2D eigenvalue weighted by Crippen LogP contribution is -2.43. The molecule has 45 heavy (non-hydrogen) atoms. The monoisotopic (exact) mass is 610 g/mol. The number of benzene rings is 2. The zero-order valence-electron chi connectivity index (χ0n) is 24.9. The Kier molecular flexibility index (Phi) is 7.74. The zero-order chi connectivity index (χ0) is 31.1. The van der Waals surface area contributed by atoms with Gasteiger partial charge in [0.1, 0.15) is 25.5 Å². The number of likely N-dealkylation sites (tertiary alicyclic amines) is 1. The highest BCUT2D eigenvalue weighted by atomic mass is 19.1. The van der Waals surface area contributed by atoms with Crippen molar-refractivity contribution in [1.82, 2.24) is 24.6 Å². The summed E-state index contributed by atoms with van der Waals surface area (Å²) in [5.74, 6) is -1.59. The van der Waals surface area contributed by atoms with Crippen LogP contribution in [-0.2, 0) is 0 Å². The van der Waals surface area contributed by atoms with E-state index in [1.165, 1.54) is 54.9 Å². The van der Waals surface area contributed by atoms with Gasteiger partial charge < -0.3 is 25.1 Å². The molecule has 2 fully saturated rings. The molecule has 0 atom stereocenters. The lowest BCUT2D eigenvalue weighted by atomic mass is 9.93. The number of para-hydroxylation sites is 1. The highest BCUT2D eigenvalue weighted by molar-refractivity contribution is 6.35. The third kappa shape index (κ3) is 5.77. The molecule has 7 rings (SSSR count). The maximum absolute atomic E-state index is 13.9.